The molecule has 0 amide bonds. The zero-order chi connectivity index (χ0) is 12.1. The zero-order valence-corrected chi connectivity index (χ0v) is 10.1. The summed E-state index contributed by atoms with van der Waals surface area (Å²) in [7, 11) is 1.67. The number of rotatable bonds is 5. The van der Waals surface area contributed by atoms with Crippen molar-refractivity contribution in [3.05, 3.63) is 23.3 Å². The highest BCUT2D eigenvalue weighted by Gasteiger charge is 2.06. The number of aliphatic hydroxyl groups excluding tert-OH is 1. The molecule has 1 aromatic rings. The Morgan fingerprint density at radius 2 is 1.94 bits per heavy atom. The van der Waals surface area contributed by atoms with E-state index >= 15 is 0 Å². The molecule has 0 heterocycles. The van der Waals surface area contributed by atoms with Gasteiger partial charge in [0.2, 0.25) is 0 Å². The lowest BCUT2D eigenvalue weighted by atomic mass is 10.1. The molecule has 1 rings (SSSR count). The molecule has 0 aliphatic rings. The summed E-state index contributed by atoms with van der Waals surface area (Å²) in [5.41, 5.74) is 8.79. The maximum absolute atomic E-state index is 8.82. The number of nitrogens with one attached hydrogen (secondary N) is 1. The Bertz CT molecular complexity index is 330. The Labute approximate surface area is 96.4 Å². The molecule has 0 aliphatic heterocycles. The van der Waals surface area contributed by atoms with Crippen LogP contribution in [0, 0.1) is 13.8 Å². The van der Waals surface area contributed by atoms with Crippen LogP contribution in [-0.4, -0.2) is 31.4 Å². The fraction of sp³-hybridized carbons (Fsp3) is 0.500. The van der Waals surface area contributed by atoms with Crippen molar-refractivity contribution in [3.8, 4) is 5.75 Å². The van der Waals surface area contributed by atoms with Crippen LogP contribution in [0.1, 0.15) is 11.1 Å². The maximum Gasteiger partial charge on any atom is 0.124 e. The van der Waals surface area contributed by atoms with Gasteiger partial charge >= 0.3 is 0 Å². The Morgan fingerprint density at radius 1 is 1.38 bits per heavy atom. The van der Waals surface area contributed by atoms with Crippen LogP contribution in [0.3, 0.4) is 0 Å². The molecule has 0 aliphatic carbocycles. The predicted molar refractivity (Wildman–Crippen MR) is 66.0 cm³/mol. The molecule has 4 nitrogen and oxygen atoms in total. The van der Waals surface area contributed by atoms with Crippen molar-refractivity contribution in [2.45, 2.75) is 19.9 Å². The molecule has 0 bridgehead atoms. The zero-order valence-electron chi connectivity index (χ0n) is 10.1. The summed E-state index contributed by atoms with van der Waals surface area (Å²) < 4.78 is 5.29. The minimum atomic E-state index is -0.234. The molecule has 0 spiro atoms. The highest BCUT2D eigenvalue weighted by atomic mass is 16.5. The monoisotopic (exact) mass is 224 g/mol. The molecule has 90 valence electrons. The number of anilines is 1. The molecule has 1 aromatic carbocycles. The van der Waals surface area contributed by atoms with Gasteiger partial charge in [-0.05, 0) is 37.1 Å². The third kappa shape index (κ3) is 3.12. The fourth-order valence-electron chi connectivity index (χ4n) is 1.69. The van der Waals surface area contributed by atoms with E-state index in [0.717, 1.165) is 22.6 Å². The number of hydrogen-bond donors (Lipinski definition) is 3. The predicted octanol–water partition coefficient (Wildman–Crippen LogP) is 1.04. The number of hydrogen-bond acceptors (Lipinski definition) is 4. The third-order valence-corrected chi connectivity index (χ3v) is 2.47. The minimum absolute atomic E-state index is 0.0128. The molecule has 0 saturated heterocycles. The first kappa shape index (κ1) is 12.8. The molecule has 4 heteroatoms. The lowest BCUT2D eigenvalue weighted by molar-refractivity contribution is 0.270. The van der Waals surface area contributed by atoms with Crippen LogP contribution < -0.4 is 15.8 Å². The van der Waals surface area contributed by atoms with Crippen LogP contribution in [-0.2, 0) is 0 Å². The average molecular weight is 224 g/mol. The average Bonchev–Trinajstić information content (AvgIpc) is 2.25. The van der Waals surface area contributed by atoms with Gasteiger partial charge in [-0.15, -0.1) is 0 Å². The van der Waals surface area contributed by atoms with E-state index in [9.17, 15) is 0 Å². The van der Waals surface area contributed by atoms with Crippen molar-refractivity contribution in [2.75, 3.05) is 25.6 Å². The lowest BCUT2D eigenvalue weighted by Gasteiger charge is -2.14. The SMILES string of the molecule is COc1c(C)cc(NCC(N)CO)cc1C. The highest BCUT2D eigenvalue weighted by molar-refractivity contribution is 5.55. The van der Waals surface area contributed by atoms with Crippen molar-refractivity contribution in [1.82, 2.24) is 0 Å². The Morgan fingerprint density at radius 3 is 2.38 bits per heavy atom. The van der Waals surface area contributed by atoms with Crippen LogP contribution in [0.2, 0.25) is 0 Å². The van der Waals surface area contributed by atoms with Gasteiger partial charge in [0.25, 0.3) is 0 Å². The van der Waals surface area contributed by atoms with Gasteiger partial charge in [0, 0.05) is 18.3 Å². The molecular weight excluding hydrogens is 204 g/mol. The first-order chi connectivity index (χ1) is 7.58. The largest absolute Gasteiger partial charge is 0.496 e. The van der Waals surface area contributed by atoms with Crippen molar-refractivity contribution < 1.29 is 9.84 Å². The van der Waals surface area contributed by atoms with Crippen molar-refractivity contribution in [1.29, 1.82) is 0 Å². The Hall–Kier alpha value is -1.26. The summed E-state index contributed by atoms with van der Waals surface area (Å²) in [6.45, 7) is 4.55. The second-order valence-corrected chi connectivity index (χ2v) is 3.97. The van der Waals surface area contributed by atoms with Crippen LogP contribution >= 0.6 is 0 Å². The number of benzene rings is 1. The third-order valence-electron chi connectivity index (χ3n) is 2.47. The highest BCUT2D eigenvalue weighted by Crippen LogP contribution is 2.26. The summed E-state index contributed by atoms with van der Waals surface area (Å²) in [6, 6.07) is 3.79. The van der Waals surface area contributed by atoms with Gasteiger partial charge in [0.1, 0.15) is 5.75 Å². The molecule has 4 N–H and O–H groups in total. The van der Waals surface area contributed by atoms with Gasteiger partial charge in [-0.1, -0.05) is 0 Å². The number of nitrogens with two attached hydrogens (primary N) is 1. The van der Waals surface area contributed by atoms with Crippen LogP contribution in [0.15, 0.2) is 12.1 Å². The van der Waals surface area contributed by atoms with Gasteiger partial charge < -0.3 is 20.9 Å². The molecule has 1 unspecified atom stereocenters. The standard InChI is InChI=1S/C12H20N2O2/c1-8-4-11(14-6-10(13)7-15)5-9(2)12(8)16-3/h4-5,10,14-15H,6-7,13H2,1-3H3. The van der Waals surface area contributed by atoms with Crippen molar-refractivity contribution >= 4 is 5.69 Å². The number of aryl methyl sites for hydroxylation is 2. The van der Waals surface area contributed by atoms with Gasteiger partial charge in [0.05, 0.1) is 13.7 Å². The van der Waals surface area contributed by atoms with Crippen LogP contribution in [0.4, 0.5) is 5.69 Å². The summed E-state index contributed by atoms with van der Waals surface area (Å²) in [6.07, 6.45) is 0. The van der Waals surface area contributed by atoms with E-state index in [-0.39, 0.29) is 12.6 Å². The summed E-state index contributed by atoms with van der Waals surface area (Å²) in [5.74, 6) is 0.914. The lowest BCUT2D eigenvalue weighted by Crippen LogP contribution is -2.32. The summed E-state index contributed by atoms with van der Waals surface area (Å²) in [4.78, 5) is 0. The first-order valence-electron chi connectivity index (χ1n) is 5.34. The van der Waals surface area contributed by atoms with E-state index in [1.165, 1.54) is 0 Å². The summed E-state index contributed by atoms with van der Waals surface area (Å²) in [5, 5.41) is 12.0. The topological polar surface area (TPSA) is 67.5 Å². The van der Waals surface area contributed by atoms with Crippen LogP contribution in [0.25, 0.3) is 0 Å². The Kier molecular flexibility index (Phi) is 4.58. The second-order valence-electron chi connectivity index (χ2n) is 3.97. The molecule has 0 aromatic heterocycles. The minimum Gasteiger partial charge on any atom is -0.496 e. The summed E-state index contributed by atoms with van der Waals surface area (Å²) >= 11 is 0. The number of aliphatic hydroxyl groups is 1. The van der Waals surface area contributed by atoms with E-state index in [1.54, 1.807) is 7.11 Å². The van der Waals surface area contributed by atoms with Crippen molar-refractivity contribution in [3.63, 3.8) is 0 Å². The normalized spacial score (nSPS) is 12.3. The number of methoxy groups -OCH3 is 1. The molecule has 1 atom stereocenters. The van der Waals surface area contributed by atoms with Crippen molar-refractivity contribution in [2.24, 2.45) is 5.73 Å². The van der Waals surface area contributed by atoms with Gasteiger partial charge in [-0.3, -0.25) is 0 Å². The van der Waals surface area contributed by atoms with E-state index in [2.05, 4.69) is 5.32 Å². The fourth-order valence-corrected chi connectivity index (χ4v) is 1.69. The van der Waals surface area contributed by atoms with Gasteiger partial charge in [-0.2, -0.15) is 0 Å². The molecule has 0 saturated carbocycles. The van der Waals surface area contributed by atoms with Gasteiger partial charge in [0.15, 0.2) is 0 Å². The number of ether oxygens (including phenoxy) is 1. The van der Waals surface area contributed by atoms with Gasteiger partial charge in [-0.25, -0.2) is 0 Å². The Balaban J connectivity index is 2.76. The second kappa shape index (κ2) is 5.72. The van der Waals surface area contributed by atoms with Crippen LogP contribution in [0.5, 0.6) is 5.75 Å². The molecular formula is C12H20N2O2. The molecule has 16 heavy (non-hydrogen) atoms. The maximum atomic E-state index is 8.82. The quantitative estimate of drug-likeness (QED) is 0.699. The van der Waals surface area contributed by atoms with E-state index < -0.39 is 0 Å². The van der Waals surface area contributed by atoms with E-state index in [4.69, 9.17) is 15.6 Å². The van der Waals surface area contributed by atoms with E-state index in [0.29, 0.717) is 6.54 Å². The molecule has 0 fully saturated rings. The molecule has 0 radical (unpaired) electrons. The smallest absolute Gasteiger partial charge is 0.124 e. The van der Waals surface area contributed by atoms with E-state index in [1.807, 2.05) is 26.0 Å². The first-order valence-corrected chi connectivity index (χ1v) is 5.34.